The number of guanidine groups is 1. The van der Waals surface area contributed by atoms with E-state index in [2.05, 4.69) is 37.6 Å². The first-order valence-electron chi connectivity index (χ1n) is 9.73. The van der Waals surface area contributed by atoms with E-state index < -0.39 is 14.6 Å². The lowest BCUT2D eigenvalue weighted by Crippen LogP contribution is -2.57. The van der Waals surface area contributed by atoms with Gasteiger partial charge in [-0.05, 0) is 57.1 Å². The second kappa shape index (κ2) is 8.49. The van der Waals surface area contributed by atoms with E-state index >= 15 is 0 Å². The molecule has 0 saturated carbocycles. The van der Waals surface area contributed by atoms with Crippen LogP contribution in [0.1, 0.15) is 31.6 Å². The average molecular weight is 413 g/mol. The molecule has 1 aromatic rings. The molecular weight excluding hydrogens is 380 g/mol. The van der Waals surface area contributed by atoms with Crippen LogP contribution in [0.2, 0.25) is 0 Å². The molecule has 3 rings (SSSR count). The third-order valence-electron chi connectivity index (χ3n) is 5.77. The van der Waals surface area contributed by atoms with E-state index in [0.29, 0.717) is 19.0 Å². The Labute approximate surface area is 167 Å². The van der Waals surface area contributed by atoms with Gasteiger partial charge in [-0.3, -0.25) is 9.89 Å². The first-order valence-corrected chi connectivity index (χ1v) is 12.3. The minimum absolute atomic E-state index is 0.196. The lowest BCUT2D eigenvalue weighted by Gasteiger charge is -2.39. The van der Waals surface area contributed by atoms with Gasteiger partial charge >= 0.3 is 0 Å². The summed E-state index contributed by atoms with van der Waals surface area (Å²) in [7, 11) is -1.25. The van der Waals surface area contributed by atoms with E-state index in [9.17, 15) is 8.42 Å². The molecule has 2 aliphatic heterocycles. The average Bonchev–Trinajstić information content (AvgIpc) is 3.13. The van der Waals surface area contributed by atoms with Gasteiger partial charge in [0.1, 0.15) is 0 Å². The largest absolute Gasteiger partial charge is 0.356 e. The van der Waals surface area contributed by atoms with Gasteiger partial charge in [-0.25, -0.2) is 8.42 Å². The van der Waals surface area contributed by atoms with Crippen LogP contribution in [0.3, 0.4) is 0 Å². The number of rotatable bonds is 4. The minimum Gasteiger partial charge on any atom is -0.356 e. The highest BCUT2D eigenvalue weighted by molar-refractivity contribution is 7.92. The molecule has 0 aliphatic carbocycles. The number of nitrogens with one attached hydrogen (secondary N) is 1. The van der Waals surface area contributed by atoms with Crippen molar-refractivity contribution >= 4 is 27.1 Å². The molecule has 2 aliphatic rings. The van der Waals surface area contributed by atoms with Crippen molar-refractivity contribution in [2.75, 3.05) is 45.5 Å². The molecule has 0 bridgehead atoms. The highest BCUT2D eigenvalue weighted by Gasteiger charge is 2.41. The Balaban J connectivity index is 1.45. The first kappa shape index (κ1) is 20.6. The van der Waals surface area contributed by atoms with Gasteiger partial charge in [-0.1, -0.05) is 6.07 Å². The van der Waals surface area contributed by atoms with Crippen LogP contribution in [0.5, 0.6) is 0 Å². The number of likely N-dealkylation sites (tertiary alicyclic amines) is 1. The van der Waals surface area contributed by atoms with Crippen LogP contribution < -0.4 is 5.32 Å². The Bertz CT molecular complexity index is 736. The molecule has 1 aromatic heterocycles. The van der Waals surface area contributed by atoms with Gasteiger partial charge in [-0.15, -0.1) is 11.3 Å². The highest BCUT2D eigenvalue weighted by Crippen LogP contribution is 2.24. The minimum atomic E-state index is -3.03. The number of nitrogens with zero attached hydrogens (tertiary/aromatic N) is 3. The summed E-state index contributed by atoms with van der Waals surface area (Å²) in [5, 5.41) is 5.64. The molecule has 152 valence electrons. The molecule has 3 heterocycles. The van der Waals surface area contributed by atoms with Crippen LogP contribution in [0.15, 0.2) is 22.5 Å². The lowest BCUT2D eigenvalue weighted by molar-refractivity contribution is 0.178. The fourth-order valence-electron chi connectivity index (χ4n) is 3.86. The molecule has 0 radical (unpaired) electrons. The van der Waals surface area contributed by atoms with Gasteiger partial charge in [0.05, 0.1) is 10.5 Å². The fraction of sp³-hybridized carbons (Fsp3) is 0.737. The van der Waals surface area contributed by atoms with E-state index in [1.54, 1.807) is 7.05 Å². The predicted octanol–water partition coefficient (Wildman–Crippen LogP) is 2.04. The summed E-state index contributed by atoms with van der Waals surface area (Å²) >= 11 is 1.83. The van der Waals surface area contributed by atoms with Crippen molar-refractivity contribution in [1.82, 2.24) is 15.1 Å². The highest BCUT2D eigenvalue weighted by atomic mass is 32.2. The maximum atomic E-state index is 12.2. The third kappa shape index (κ3) is 5.03. The lowest BCUT2D eigenvalue weighted by atomic mass is 9.97. The van der Waals surface area contributed by atoms with Crippen LogP contribution in [0.25, 0.3) is 0 Å². The Morgan fingerprint density at radius 3 is 2.67 bits per heavy atom. The Morgan fingerprint density at radius 1 is 1.33 bits per heavy atom. The zero-order chi connectivity index (χ0) is 19.5. The number of sulfone groups is 1. The smallest absolute Gasteiger partial charge is 0.193 e. The molecule has 0 unspecified atom stereocenters. The summed E-state index contributed by atoms with van der Waals surface area (Å²) in [5.41, 5.74) is 0. The van der Waals surface area contributed by atoms with Crippen LogP contribution in [0, 0.1) is 5.92 Å². The van der Waals surface area contributed by atoms with Crippen LogP contribution in [-0.2, 0) is 16.4 Å². The van der Waals surface area contributed by atoms with Crippen LogP contribution >= 0.6 is 11.3 Å². The van der Waals surface area contributed by atoms with Crippen LogP contribution in [0.4, 0.5) is 0 Å². The molecule has 8 heteroatoms. The van der Waals surface area contributed by atoms with Gasteiger partial charge in [0.2, 0.25) is 0 Å². The number of piperidine rings is 1. The van der Waals surface area contributed by atoms with Crippen molar-refractivity contribution < 1.29 is 8.42 Å². The zero-order valence-electron chi connectivity index (χ0n) is 16.6. The second-order valence-electron chi connectivity index (χ2n) is 8.23. The molecule has 2 saturated heterocycles. The molecule has 0 spiro atoms. The predicted molar refractivity (Wildman–Crippen MR) is 113 cm³/mol. The summed E-state index contributed by atoms with van der Waals surface area (Å²) in [6.07, 6.45) is 2.38. The number of hydrogen-bond acceptors (Lipinski definition) is 5. The van der Waals surface area contributed by atoms with Gasteiger partial charge in [-0.2, -0.15) is 0 Å². The van der Waals surface area contributed by atoms with E-state index in [4.69, 9.17) is 0 Å². The number of hydrogen-bond donors (Lipinski definition) is 1. The first-order chi connectivity index (χ1) is 12.8. The molecular formula is C19H32N4O2S2. The van der Waals surface area contributed by atoms with E-state index in [1.807, 2.05) is 25.2 Å². The summed E-state index contributed by atoms with van der Waals surface area (Å²) in [4.78, 5) is 10.5. The monoisotopic (exact) mass is 412 g/mol. The molecule has 0 atom stereocenters. The Morgan fingerprint density at radius 2 is 2.07 bits per heavy atom. The van der Waals surface area contributed by atoms with E-state index in [-0.39, 0.29) is 5.75 Å². The molecule has 6 nitrogen and oxygen atoms in total. The van der Waals surface area contributed by atoms with Crippen LogP contribution in [-0.4, -0.2) is 74.4 Å². The number of thiophene rings is 1. The van der Waals surface area contributed by atoms with Gasteiger partial charge in [0.15, 0.2) is 15.8 Å². The molecule has 0 aromatic carbocycles. The Kier molecular flexibility index (Phi) is 6.48. The van der Waals surface area contributed by atoms with Gasteiger partial charge in [0.25, 0.3) is 0 Å². The Hall–Kier alpha value is -1.12. The fourth-order valence-corrected chi connectivity index (χ4v) is 5.98. The molecule has 1 N–H and O–H groups in total. The second-order valence-corrected chi connectivity index (χ2v) is 12.0. The summed E-state index contributed by atoms with van der Waals surface area (Å²) in [6, 6.07) is 4.33. The van der Waals surface area contributed by atoms with Crippen molar-refractivity contribution in [3.05, 3.63) is 22.4 Å². The summed E-state index contributed by atoms with van der Waals surface area (Å²) in [6.45, 7) is 8.88. The molecule has 2 fully saturated rings. The normalized spacial score (nSPS) is 24.1. The standard InChI is InChI=1S/C19H32N4O2S2/c1-19(2)15-23(10-12-27(19,24)25)18(20-3)21-13-16-6-8-22(9-7-16)14-17-5-4-11-26-17/h4-5,11,16H,6-10,12-15H2,1-3H3,(H,20,21). The van der Waals surface area contributed by atoms with Crippen molar-refractivity contribution in [3.63, 3.8) is 0 Å². The maximum absolute atomic E-state index is 12.2. The van der Waals surface area contributed by atoms with Crippen molar-refractivity contribution in [2.45, 2.75) is 38.0 Å². The summed E-state index contributed by atoms with van der Waals surface area (Å²) < 4.78 is 23.7. The van der Waals surface area contributed by atoms with Crippen molar-refractivity contribution in [2.24, 2.45) is 10.9 Å². The number of aliphatic imine (C=N–C) groups is 1. The summed E-state index contributed by atoms with van der Waals surface area (Å²) in [5.74, 6) is 1.67. The van der Waals surface area contributed by atoms with Gasteiger partial charge < -0.3 is 10.2 Å². The zero-order valence-corrected chi connectivity index (χ0v) is 18.3. The quantitative estimate of drug-likeness (QED) is 0.606. The molecule has 27 heavy (non-hydrogen) atoms. The third-order valence-corrected chi connectivity index (χ3v) is 9.16. The van der Waals surface area contributed by atoms with Crippen molar-refractivity contribution in [1.29, 1.82) is 0 Å². The van der Waals surface area contributed by atoms with E-state index in [0.717, 1.165) is 32.1 Å². The topological polar surface area (TPSA) is 65.0 Å². The molecule has 0 amide bonds. The van der Waals surface area contributed by atoms with E-state index in [1.165, 1.54) is 17.7 Å². The maximum Gasteiger partial charge on any atom is 0.193 e. The SMILES string of the molecule is CN=C(NCC1CCN(Cc2cccs2)CC1)N1CCS(=O)(=O)C(C)(C)C1. The van der Waals surface area contributed by atoms with Crippen molar-refractivity contribution in [3.8, 4) is 0 Å². The van der Waals surface area contributed by atoms with Gasteiger partial charge in [0, 0.05) is 38.1 Å².